The van der Waals surface area contributed by atoms with E-state index >= 15 is 0 Å². The predicted octanol–water partition coefficient (Wildman–Crippen LogP) is 6.06. The number of hydrogen-bond acceptors (Lipinski definition) is 5. The van der Waals surface area contributed by atoms with E-state index in [9.17, 15) is 18.0 Å². The normalized spacial score (nSPS) is 11.4. The second kappa shape index (κ2) is 9.50. The maximum atomic E-state index is 13.2. The molecular weight excluding hydrogens is 451 g/mol. The number of carbonyl (C=O) groups is 1. The minimum Gasteiger partial charge on any atom is -0.494 e. The van der Waals surface area contributed by atoms with E-state index in [-0.39, 0.29) is 11.4 Å². The molecule has 0 saturated carbocycles. The summed E-state index contributed by atoms with van der Waals surface area (Å²) in [6.45, 7) is 0. The standard InChI is InChI=1S/C24H18F3N3O2S/c1-32-19-13-7-10-16-21(19)29-22(15-8-3-2-4-9-15)30-23(16)33-14-20(31)28-18-12-6-5-11-17(18)24(25,26)27/h2-13H,14H2,1H3,(H,28,31). The van der Waals surface area contributed by atoms with Crippen LogP contribution in [0.5, 0.6) is 5.75 Å². The van der Waals surface area contributed by atoms with Crippen molar-refractivity contribution >= 4 is 34.3 Å². The van der Waals surface area contributed by atoms with Crippen molar-refractivity contribution in [2.24, 2.45) is 0 Å². The van der Waals surface area contributed by atoms with Gasteiger partial charge in [0.1, 0.15) is 16.3 Å². The average Bonchev–Trinajstić information content (AvgIpc) is 2.82. The minimum atomic E-state index is -4.57. The van der Waals surface area contributed by atoms with E-state index in [4.69, 9.17) is 4.74 Å². The maximum Gasteiger partial charge on any atom is 0.418 e. The topological polar surface area (TPSA) is 64.1 Å². The Bertz CT molecular complexity index is 1300. The van der Waals surface area contributed by atoms with Crippen LogP contribution in [0.25, 0.3) is 22.3 Å². The third kappa shape index (κ3) is 5.09. The van der Waals surface area contributed by atoms with Gasteiger partial charge >= 0.3 is 6.18 Å². The number of thioether (sulfide) groups is 1. The lowest BCUT2D eigenvalue weighted by molar-refractivity contribution is -0.137. The summed E-state index contributed by atoms with van der Waals surface area (Å²) >= 11 is 1.12. The van der Waals surface area contributed by atoms with Crippen molar-refractivity contribution in [3.8, 4) is 17.1 Å². The summed E-state index contributed by atoms with van der Waals surface area (Å²) in [5.74, 6) is 0.298. The van der Waals surface area contributed by atoms with Gasteiger partial charge in [0.25, 0.3) is 0 Å². The average molecular weight is 469 g/mol. The number of halogens is 3. The fraction of sp³-hybridized carbons (Fsp3) is 0.125. The van der Waals surface area contributed by atoms with Crippen molar-refractivity contribution in [3.63, 3.8) is 0 Å². The molecule has 0 bridgehead atoms. The van der Waals surface area contributed by atoms with Gasteiger partial charge in [0.05, 0.1) is 24.1 Å². The molecule has 9 heteroatoms. The van der Waals surface area contributed by atoms with Crippen LogP contribution in [0, 0.1) is 0 Å². The molecule has 0 unspecified atom stereocenters. The van der Waals surface area contributed by atoms with Crippen molar-refractivity contribution in [1.29, 1.82) is 0 Å². The molecule has 0 aliphatic carbocycles. The molecule has 0 atom stereocenters. The third-order valence-electron chi connectivity index (χ3n) is 4.75. The van der Waals surface area contributed by atoms with E-state index in [1.807, 2.05) is 36.4 Å². The van der Waals surface area contributed by atoms with Crippen LogP contribution in [-0.4, -0.2) is 28.7 Å². The Morgan fingerprint density at radius 2 is 1.70 bits per heavy atom. The second-order valence-electron chi connectivity index (χ2n) is 6.96. The molecule has 0 radical (unpaired) electrons. The summed E-state index contributed by atoms with van der Waals surface area (Å²) in [6.07, 6.45) is -4.57. The maximum absolute atomic E-state index is 13.2. The van der Waals surface area contributed by atoms with Crippen LogP contribution in [0.15, 0.2) is 77.8 Å². The Labute approximate surface area is 192 Å². The van der Waals surface area contributed by atoms with Gasteiger partial charge in [-0.2, -0.15) is 13.2 Å². The Morgan fingerprint density at radius 1 is 0.970 bits per heavy atom. The molecular formula is C24H18F3N3O2S. The number of ether oxygens (including phenoxy) is 1. The van der Waals surface area contributed by atoms with Gasteiger partial charge in [-0.1, -0.05) is 60.3 Å². The van der Waals surface area contributed by atoms with Crippen LogP contribution < -0.4 is 10.1 Å². The van der Waals surface area contributed by atoms with E-state index in [1.165, 1.54) is 25.3 Å². The lowest BCUT2D eigenvalue weighted by Crippen LogP contribution is -2.18. The van der Waals surface area contributed by atoms with Crippen LogP contribution in [-0.2, 0) is 11.0 Å². The lowest BCUT2D eigenvalue weighted by atomic mass is 10.1. The first-order chi connectivity index (χ1) is 15.9. The predicted molar refractivity (Wildman–Crippen MR) is 122 cm³/mol. The zero-order chi connectivity index (χ0) is 23.4. The largest absolute Gasteiger partial charge is 0.494 e. The first-order valence-electron chi connectivity index (χ1n) is 9.86. The highest BCUT2D eigenvalue weighted by Crippen LogP contribution is 2.35. The van der Waals surface area contributed by atoms with Crippen LogP contribution in [0.2, 0.25) is 0 Å². The molecule has 0 saturated heterocycles. The molecule has 4 rings (SSSR count). The fourth-order valence-corrected chi connectivity index (χ4v) is 4.06. The zero-order valence-corrected chi connectivity index (χ0v) is 18.2. The summed E-state index contributed by atoms with van der Waals surface area (Å²) in [7, 11) is 1.54. The van der Waals surface area contributed by atoms with E-state index in [2.05, 4.69) is 15.3 Å². The molecule has 4 aromatic rings. The SMILES string of the molecule is COc1cccc2c(SCC(=O)Nc3ccccc3C(F)(F)F)nc(-c3ccccc3)nc12. The summed E-state index contributed by atoms with van der Waals surface area (Å²) in [4.78, 5) is 21.8. The van der Waals surface area contributed by atoms with Crippen molar-refractivity contribution in [3.05, 3.63) is 78.4 Å². The quantitative estimate of drug-likeness (QED) is 0.275. The van der Waals surface area contributed by atoms with Crippen molar-refractivity contribution in [1.82, 2.24) is 9.97 Å². The van der Waals surface area contributed by atoms with Crippen LogP contribution in [0.4, 0.5) is 18.9 Å². The van der Waals surface area contributed by atoms with Crippen molar-refractivity contribution in [2.75, 3.05) is 18.2 Å². The molecule has 1 aromatic heterocycles. The number of hydrogen-bond donors (Lipinski definition) is 1. The molecule has 0 spiro atoms. The summed E-state index contributed by atoms with van der Waals surface area (Å²) in [6, 6.07) is 19.6. The van der Waals surface area contributed by atoms with E-state index in [1.54, 1.807) is 12.1 Å². The molecule has 5 nitrogen and oxygen atoms in total. The molecule has 33 heavy (non-hydrogen) atoms. The van der Waals surface area contributed by atoms with Gasteiger partial charge in [-0.3, -0.25) is 4.79 Å². The number of aromatic nitrogens is 2. The van der Waals surface area contributed by atoms with Gasteiger partial charge in [0.2, 0.25) is 5.91 Å². The number of rotatable bonds is 6. The highest BCUT2D eigenvalue weighted by atomic mass is 32.2. The molecule has 168 valence electrons. The lowest BCUT2D eigenvalue weighted by Gasteiger charge is -2.14. The van der Waals surface area contributed by atoms with Crippen LogP contribution in [0.3, 0.4) is 0 Å². The molecule has 1 amide bonds. The number of methoxy groups -OCH3 is 1. The highest BCUT2D eigenvalue weighted by molar-refractivity contribution is 8.00. The number of amides is 1. The molecule has 0 fully saturated rings. The number of fused-ring (bicyclic) bond motifs is 1. The summed E-state index contributed by atoms with van der Waals surface area (Å²) in [5, 5.41) is 3.56. The van der Waals surface area contributed by atoms with Gasteiger partial charge in [-0.15, -0.1) is 0 Å². The third-order valence-corrected chi connectivity index (χ3v) is 5.74. The second-order valence-corrected chi connectivity index (χ2v) is 7.92. The van der Waals surface area contributed by atoms with Gasteiger partial charge < -0.3 is 10.1 Å². The van der Waals surface area contributed by atoms with E-state index in [0.717, 1.165) is 23.4 Å². The smallest absolute Gasteiger partial charge is 0.418 e. The Balaban J connectivity index is 1.63. The number of para-hydroxylation sites is 2. The Morgan fingerprint density at radius 3 is 2.42 bits per heavy atom. The van der Waals surface area contributed by atoms with Crippen molar-refractivity contribution in [2.45, 2.75) is 11.2 Å². The molecule has 0 aliphatic rings. The van der Waals surface area contributed by atoms with Gasteiger partial charge in [0, 0.05) is 10.9 Å². The number of benzene rings is 3. The van der Waals surface area contributed by atoms with Gasteiger partial charge in [0.15, 0.2) is 5.82 Å². The Kier molecular flexibility index (Phi) is 6.50. The number of carbonyl (C=O) groups excluding carboxylic acids is 1. The monoisotopic (exact) mass is 469 g/mol. The first kappa shape index (κ1) is 22.6. The van der Waals surface area contributed by atoms with Gasteiger partial charge in [-0.05, 0) is 24.3 Å². The zero-order valence-electron chi connectivity index (χ0n) is 17.4. The van der Waals surface area contributed by atoms with Crippen molar-refractivity contribution < 1.29 is 22.7 Å². The number of alkyl halides is 3. The molecule has 1 heterocycles. The Hall–Kier alpha value is -3.59. The fourth-order valence-electron chi connectivity index (χ4n) is 3.25. The number of anilines is 1. The number of nitrogens with one attached hydrogen (secondary N) is 1. The van der Waals surface area contributed by atoms with E-state index in [0.29, 0.717) is 27.5 Å². The molecule has 1 N–H and O–H groups in total. The highest BCUT2D eigenvalue weighted by Gasteiger charge is 2.33. The van der Waals surface area contributed by atoms with Crippen LogP contribution in [0.1, 0.15) is 5.56 Å². The van der Waals surface area contributed by atoms with E-state index < -0.39 is 17.6 Å². The number of nitrogens with zero attached hydrogens (tertiary/aromatic N) is 2. The summed E-state index contributed by atoms with van der Waals surface area (Å²) in [5.41, 5.74) is 0.191. The van der Waals surface area contributed by atoms with Gasteiger partial charge in [-0.25, -0.2) is 9.97 Å². The van der Waals surface area contributed by atoms with Crippen LogP contribution >= 0.6 is 11.8 Å². The minimum absolute atomic E-state index is 0.135. The molecule has 3 aromatic carbocycles. The first-order valence-corrected chi connectivity index (χ1v) is 10.8. The molecule has 0 aliphatic heterocycles. The summed E-state index contributed by atoms with van der Waals surface area (Å²) < 4.78 is 45.1.